The Bertz CT molecular complexity index is 664. The quantitative estimate of drug-likeness (QED) is 0.880. The van der Waals surface area contributed by atoms with E-state index >= 15 is 0 Å². The van der Waals surface area contributed by atoms with Gasteiger partial charge in [0.25, 0.3) is 0 Å². The largest absolute Gasteiger partial charge is 0.495 e. The molecule has 2 N–H and O–H groups in total. The molecular weight excluding hydrogens is 301 g/mol. The van der Waals surface area contributed by atoms with E-state index in [1.807, 2.05) is 0 Å². The lowest BCUT2D eigenvalue weighted by Gasteiger charge is -2.09. The highest BCUT2D eigenvalue weighted by atomic mass is 35.5. The van der Waals surface area contributed by atoms with Crippen molar-refractivity contribution < 1.29 is 13.3 Å². The van der Waals surface area contributed by atoms with E-state index in [4.69, 9.17) is 22.1 Å². The minimum Gasteiger partial charge on any atom is -0.495 e. The number of methoxy groups -OCH3 is 1. The lowest BCUT2D eigenvalue weighted by atomic mass is 10.2. The van der Waals surface area contributed by atoms with E-state index in [9.17, 15) is 8.60 Å². The van der Waals surface area contributed by atoms with Gasteiger partial charge in [-0.25, -0.2) is 4.39 Å². The monoisotopic (exact) mass is 313 g/mol. The van der Waals surface area contributed by atoms with Gasteiger partial charge < -0.3 is 10.5 Å². The summed E-state index contributed by atoms with van der Waals surface area (Å²) in [7, 11) is 0.124. The van der Waals surface area contributed by atoms with Crippen LogP contribution in [0.25, 0.3) is 0 Å². The smallest absolute Gasteiger partial charge is 0.142 e. The number of nitrogen functional groups attached to an aromatic ring is 1. The number of rotatable bonds is 4. The van der Waals surface area contributed by atoms with Crippen LogP contribution in [-0.4, -0.2) is 11.3 Å². The van der Waals surface area contributed by atoms with Crippen molar-refractivity contribution >= 4 is 28.1 Å². The molecule has 1 atom stereocenters. The second-order valence-electron chi connectivity index (χ2n) is 4.15. The Hall–Kier alpha value is -1.59. The topological polar surface area (TPSA) is 52.3 Å². The third kappa shape index (κ3) is 3.29. The Kier molecular flexibility index (Phi) is 4.62. The first-order valence-electron chi connectivity index (χ1n) is 5.77. The van der Waals surface area contributed by atoms with Crippen LogP contribution in [0.1, 0.15) is 5.56 Å². The number of nitrogens with two attached hydrogens (primary N) is 1. The molecule has 0 aliphatic carbocycles. The lowest BCUT2D eigenvalue weighted by Crippen LogP contribution is -2.01. The summed E-state index contributed by atoms with van der Waals surface area (Å²) in [5, 5.41) is 0.0459. The van der Waals surface area contributed by atoms with E-state index in [2.05, 4.69) is 0 Å². The van der Waals surface area contributed by atoms with Crippen molar-refractivity contribution in [3.63, 3.8) is 0 Å². The molecule has 20 heavy (non-hydrogen) atoms. The van der Waals surface area contributed by atoms with Gasteiger partial charge in [0.15, 0.2) is 0 Å². The first kappa shape index (κ1) is 14.8. The van der Waals surface area contributed by atoms with Crippen molar-refractivity contribution in [2.45, 2.75) is 10.6 Å². The van der Waals surface area contributed by atoms with Crippen LogP contribution in [0.2, 0.25) is 5.02 Å². The number of benzene rings is 2. The summed E-state index contributed by atoms with van der Waals surface area (Å²) in [6, 6.07) is 9.28. The Morgan fingerprint density at radius 2 is 2.05 bits per heavy atom. The van der Waals surface area contributed by atoms with Crippen molar-refractivity contribution in [1.82, 2.24) is 0 Å². The zero-order valence-electron chi connectivity index (χ0n) is 10.7. The number of ether oxygens (including phenoxy) is 1. The minimum absolute atomic E-state index is 0.0459. The van der Waals surface area contributed by atoms with Crippen molar-refractivity contribution in [2.75, 3.05) is 12.8 Å². The molecule has 0 aromatic heterocycles. The van der Waals surface area contributed by atoms with Crippen LogP contribution in [0.15, 0.2) is 41.3 Å². The molecule has 3 nitrogen and oxygen atoms in total. The minimum atomic E-state index is -1.36. The molecule has 0 bridgehead atoms. The van der Waals surface area contributed by atoms with E-state index in [0.717, 1.165) is 0 Å². The molecule has 2 rings (SSSR count). The number of hydrogen-bond acceptors (Lipinski definition) is 3. The first-order chi connectivity index (χ1) is 9.51. The molecule has 0 amide bonds. The standard InChI is InChI=1S/C14H13ClFNO2S/c1-19-13-7-10(17)3-5-14(13)20(18)8-9-2-4-11(15)12(16)6-9/h2-7H,8,17H2,1H3. The summed E-state index contributed by atoms with van der Waals surface area (Å²) in [6.45, 7) is 0. The summed E-state index contributed by atoms with van der Waals surface area (Å²) in [5.74, 6) is 0.108. The number of anilines is 1. The summed E-state index contributed by atoms with van der Waals surface area (Å²) < 4.78 is 30.9. The lowest BCUT2D eigenvalue weighted by molar-refractivity contribution is 0.404. The van der Waals surface area contributed by atoms with E-state index in [0.29, 0.717) is 21.9 Å². The predicted molar refractivity (Wildman–Crippen MR) is 78.9 cm³/mol. The second-order valence-corrected chi connectivity index (χ2v) is 5.98. The first-order valence-corrected chi connectivity index (χ1v) is 7.46. The zero-order chi connectivity index (χ0) is 14.7. The highest BCUT2D eigenvalue weighted by Gasteiger charge is 2.12. The Morgan fingerprint density at radius 1 is 1.30 bits per heavy atom. The van der Waals surface area contributed by atoms with Gasteiger partial charge in [-0.1, -0.05) is 17.7 Å². The molecule has 0 fully saturated rings. The van der Waals surface area contributed by atoms with Crippen LogP contribution in [0.3, 0.4) is 0 Å². The molecule has 106 valence electrons. The zero-order valence-corrected chi connectivity index (χ0v) is 12.3. The van der Waals surface area contributed by atoms with Gasteiger partial charge >= 0.3 is 0 Å². The van der Waals surface area contributed by atoms with Crippen LogP contribution in [0, 0.1) is 5.82 Å². The van der Waals surface area contributed by atoms with Crippen molar-refractivity contribution in [3.05, 3.63) is 52.8 Å². The van der Waals surface area contributed by atoms with E-state index in [-0.39, 0.29) is 10.8 Å². The van der Waals surface area contributed by atoms with Crippen LogP contribution >= 0.6 is 11.6 Å². The fourth-order valence-corrected chi connectivity index (χ4v) is 3.07. The SMILES string of the molecule is COc1cc(N)ccc1S(=O)Cc1ccc(Cl)c(F)c1. The summed E-state index contributed by atoms with van der Waals surface area (Å²) in [4.78, 5) is 0.525. The van der Waals surface area contributed by atoms with Gasteiger partial charge in [-0.2, -0.15) is 0 Å². The fraction of sp³-hybridized carbons (Fsp3) is 0.143. The molecule has 2 aromatic carbocycles. The van der Waals surface area contributed by atoms with Gasteiger partial charge in [-0.15, -0.1) is 0 Å². The summed E-state index contributed by atoms with van der Waals surface area (Å²) >= 11 is 5.61. The maximum atomic E-state index is 13.4. The number of hydrogen-bond donors (Lipinski definition) is 1. The van der Waals surface area contributed by atoms with Crippen LogP contribution in [0.5, 0.6) is 5.75 Å². The Balaban J connectivity index is 2.25. The van der Waals surface area contributed by atoms with Crippen molar-refractivity contribution in [2.24, 2.45) is 0 Å². The maximum absolute atomic E-state index is 13.4. The predicted octanol–water partition coefficient (Wildman–Crippen LogP) is 3.38. The Labute approximate surface area is 124 Å². The molecule has 2 aromatic rings. The van der Waals surface area contributed by atoms with Crippen molar-refractivity contribution in [3.8, 4) is 5.75 Å². The highest BCUT2D eigenvalue weighted by Crippen LogP contribution is 2.27. The Morgan fingerprint density at radius 3 is 2.70 bits per heavy atom. The molecule has 1 unspecified atom stereocenters. The van der Waals surface area contributed by atoms with Gasteiger partial charge in [0, 0.05) is 11.8 Å². The van der Waals surface area contributed by atoms with Crippen LogP contribution in [-0.2, 0) is 16.6 Å². The molecule has 0 heterocycles. The third-order valence-corrected chi connectivity index (χ3v) is 4.44. The maximum Gasteiger partial charge on any atom is 0.142 e. The average molecular weight is 314 g/mol. The number of halogens is 2. The van der Waals surface area contributed by atoms with E-state index in [1.54, 1.807) is 24.3 Å². The summed E-state index contributed by atoms with van der Waals surface area (Å²) in [6.07, 6.45) is 0. The van der Waals surface area contributed by atoms with Gasteiger partial charge in [-0.05, 0) is 29.8 Å². The molecule has 0 saturated carbocycles. The fourth-order valence-electron chi connectivity index (χ4n) is 1.73. The average Bonchev–Trinajstić information content (AvgIpc) is 2.42. The molecule has 0 aliphatic heterocycles. The van der Waals surface area contributed by atoms with Crippen LogP contribution in [0.4, 0.5) is 10.1 Å². The van der Waals surface area contributed by atoms with E-state index in [1.165, 1.54) is 19.2 Å². The molecule has 6 heteroatoms. The van der Waals surface area contributed by atoms with Gasteiger partial charge in [-0.3, -0.25) is 4.21 Å². The molecule has 0 radical (unpaired) electrons. The third-order valence-electron chi connectivity index (χ3n) is 2.71. The molecule has 0 saturated heterocycles. The van der Waals surface area contributed by atoms with Gasteiger partial charge in [0.05, 0.1) is 33.6 Å². The van der Waals surface area contributed by atoms with Crippen molar-refractivity contribution in [1.29, 1.82) is 0 Å². The van der Waals surface area contributed by atoms with E-state index < -0.39 is 16.6 Å². The molecule has 0 aliphatic rings. The van der Waals surface area contributed by atoms with Gasteiger partial charge in [0.1, 0.15) is 11.6 Å². The summed E-state index contributed by atoms with van der Waals surface area (Å²) in [5.41, 5.74) is 6.78. The van der Waals surface area contributed by atoms with Gasteiger partial charge in [0.2, 0.25) is 0 Å². The van der Waals surface area contributed by atoms with Crippen LogP contribution < -0.4 is 10.5 Å². The molecular formula is C14H13ClFNO2S. The normalized spacial score (nSPS) is 12.2. The second kappa shape index (κ2) is 6.24. The highest BCUT2D eigenvalue weighted by molar-refractivity contribution is 7.84. The molecule has 0 spiro atoms.